The summed E-state index contributed by atoms with van der Waals surface area (Å²) in [6, 6.07) is 12.8. The monoisotopic (exact) mass is 532 g/mol. The molecule has 3 aromatic rings. The molecule has 0 unspecified atom stereocenters. The van der Waals surface area contributed by atoms with Crippen molar-refractivity contribution in [3.8, 4) is 11.5 Å². The van der Waals surface area contributed by atoms with E-state index < -0.39 is 27.7 Å². The molecule has 0 bridgehead atoms. The summed E-state index contributed by atoms with van der Waals surface area (Å²) >= 11 is 6.04. The number of benzene rings is 3. The lowest BCUT2D eigenvalue weighted by molar-refractivity contribution is -0.137. The number of primary sulfonamides is 1. The SMILES string of the molecule is CC(C)(C)c1ccc(C(=O)Nc2cccc(S(N)(=O)=O)c2)c(Oc2ccc(C(F)(F)F)cc2Cl)c1.[HH].[HH].[HH]. The van der Waals surface area contributed by atoms with Crippen LogP contribution in [0, 0.1) is 0 Å². The Hall–Kier alpha value is -3.08. The van der Waals surface area contributed by atoms with Gasteiger partial charge >= 0.3 is 6.18 Å². The molecule has 0 aliphatic heterocycles. The molecule has 6 nitrogen and oxygen atoms in total. The van der Waals surface area contributed by atoms with Crippen LogP contribution in [0.2, 0.25) is 5.02 Å². The number of nitrogens with two attached hydrogens (primary N) is 1. The molecule has 3 aromatic carbocycles. The summed E-state index contributed by atoms with van der Waals surface area (Å²) in [6.45, 7) is 5.82. The summed E-state index contributed by atoms with van der Waals surface area (Å²) in [4.78, 5) is 12.9. The van der Waals surface area contributed by atoms with Crippen LogP contribution < -0.4 is 15.2 Å². The van der Waals surface area contributed by atoms with Crippen LogP contribution in [-0.4, -0.2) is 14.3 Å². The van der Waals surface area contributed by atoms with Crippen LogP contribution in [0.25, 0.3) is 0 Å². The second-order valence-electron chi connectivity index (χ2n) is 8.73. The maximum atomic E-state index is 13.1. The van der Waals surface area contributed by atoms with Crippen molar-refractivity contribution in [3.63, 3.8) is 0 Å². The zero-order valence-electron chi connectivity index (χ0n) is 18.9. The predicted molar refractivity (Wildman–Crippen MR) is 134 cm³/mol. The number of sulfonamides is 1. The van der Waals surface area contributed by atoms with Gasteiger partial charge in [-0.1, -0.05) is 44.5 Å². The molecule has 0 saturated carbocycles. The quantitative estimate of drug-likeness (QED) is 0.366. The number of halogens is 4. The summed E-state index contributed by atoms with van der Waals surface area (Å²) in [5.41, 5.74) is -0.259. The molecule has 0 heterocycles. The van der Waals surface area contributed by atoms with Crippen LogP contribution in [0.3, 0.4) is 0 Å². The standard InChI is InChI=1S/C24H22ClF3N2O4S.3H2/c1-23(2,3)14-7-9-18(22(31)30-16-5-4-6-17(13-16)35(29,32)33)21(12-14)34-20-10-8-15(11-19(20)25)24(26,27)28;;;/h4-13H,1-3H3,(H,30,31)(H2,29,32,33);3*1H. The first-order valence-corrected chi connectivity index (χ1v) is 12.1. The van der Waals surface area contributed by atoms with Crippen molar-refractivity contribution in [2.24, 2.45) is 5.14 Å². The highest BCUT2D eigenvalue weighted by Crippen LogP contribution is 2.38. The van der Waals surface area contributed by atoms with Crippen molar-refractivity contribution in [3.05, 3.63) is 82.4 Å². The number of ether oxygens (including phenoxy) is 1. The summed E-state index contributed by atoms with van der Waals surface area (Å²) < 4.78 is 68.0. The summed E-state index contributed by atoms with van der Waals surface area (Å²) in [6.07, 6.45) is -4.58. The second kappa shape index (κ2) is 9.52. The lowest BCUT2D eigenvalue weighted by Gasteiger charge is -2.21. The predicted octanol–water partition coefficient (Wildman–Crippen LogP) is 7.09. The van der Waals surface area contributed by atoms with Gasteiger partial charge in [-0.05, 0) is 59.5 Å². The minimum atomic E-state index is -4.58. The Bertz CT molecular complexity index is 1400. The highest BCUT2D eigenvalue weighted by molar-refractivity contribution is 7.89. The number of rotatable bonds is 5. The van der Waals surface area contributed by atoms with Gasteiger partial charge in [0.1, 0.15) is 11.5 Å². The Morgan fingerprint density at radius 2 is 1.63 bits per heavy atom. The van der Waals surface area contributed by atoms with Crippen LogP contribution in [0.1, 0.15) is 46.5 Å². The van der Waals surface area contributed by atoms with Crippen molar-refractivity contribution >= 4 is 33.2 Å². The largest absolute Gasteiger partial charge is 0.455 e. The molecule has 0 atom stereocenters. The fourth-order valence-electron chi connectivity index (χ4n) is 3.09. The van der Waals surface area contributed by atoms with E-state index in [0.717, 1.165) is 23.8 Å². The zero-order valence-corrected chi connectivity index (χ0v) is 20.5. The van der Waals surface area contributed by atoms with Gasteiger partial charge in [0.05, 0.1) is 21.0 Å². The van der Waals surface area contributed by atoms with Crippen LogP contribution >= 0.6 is 11.6 Å². The number of amides is 1. The van der Waals surface area contributed by atoms with Gasteiger partial charge in [0.15, 0.2) is 0 Å². The van der Waals surface area contributed by atoms with Gasteiger partial charge in [-0.3, -0.25) is 4.79 Å². The summed E-state index contributed by atoms with van der Waals surface area (Å²) in [5, 5.41) is 7.44. The average Bonchev–Trinajstić information content (AvgIpc) is 2.73. The Morgan fingerprint density at radius 3 is 2.20 bits per heavy atom. The third-order valence-corrected chi connectivity index (χ3v) is 6.20. The Morgan fingerprint density at radius 1 is 0.971 bits per heavy atom. The molecular formula is C24H28ClF3N2O4S. The van der Waals surface area contributed by atoms with E-state index in [1.54, 1.807) is 12.1 Å². The van der Waals surface area contributed by atoms with E-state index in [4.69, 9.17) is 21.5 Å². The molecule has 11 heteroatoms. The number of hydrogen-bond donors (Lipinski definition) is 2. The van der Waals surface area contributed by atoms with Crippen LogP contribution in [0.4, 0.5) is 18.9 Å². The van der Waals surface area contributed by atoms with Gasteiger partial charge in [0.25, 0.3) is 5.91 Å². The van der Waals surface area contributed by atoms with Crippen LogP contribution in [0.5, 0.6) is 11.5 Å². The number of carbonyl (C=O) groups is 1. The first-order chi connectivity index (χ1) is 16.1. The smallest absolute Gasteiger partial charge is 0.416 e. The van der Waals surface area contributed by atoms with Gasteiger partial charge in [0.2, 0.25) is 10.0 Å². The minimum absolute atomic E-state index is 0. The first-order valence-electron chi connectivity index (χ1n) is 10.2. The van der Waals surface area contributed by atoms with Gasteiger partial charge in [-0.2, -0.15) is 13.2 Å². The van der Waals surface area contributed by atoms with E-state index in [-0.39, 0.29) is 42.4 Å². The lowest BCUT2D eigenvalue weighted by atomic mass is 9.86. The van der Waals surface area contributed by atoms with Gasteiger partial charge in [0, 0.05) is 9.97 Å². The van der Waals surface area contributed by atoms with Gasteiger partial charge in [-0.15, -0.1) is 0 Å². The molecule has 0 aromatic heterocycles. The molecule has 0 saturated heterocycles. The van der Waals surface area contributed by atoms with Gasteiger partial charge in [-0.25, -0.2) is 13.6 Å². The first kappa shape index (κ1) is 26.5. The van der Waals surface area contributed by atoms with Crippen LogP contribution in [0.15, 0.2) is 65.6 Å². The minimum Gasteiger partial charge on any atom is -0.455 e. The summed E-state index contributed by atoms with van der Waals surface area (Å²) in [5.74, 6) is -0.662. The van der Waals surface area contributed by atoms with Crippen LogP contribution in [-0.2, 0) is 21.6 Å². The Balaban J connectivity index is 0.00000456. The van der Waals surface area contributed by atoms with Crippen molar-refractivity contribution < 1.29 is 35.4 Å². The molecule has 1 amide bonds. The number of hydrogen-bond acceptors (Lipinski definition) is 4. The normalized spacial score (nSPS) is 12.3. The maximum Gasteiger partial charge on any atom is 0.416 e. The fourth-order valence-corrected chi connectivity index (χ4v) is 3.87. The van der Waals surface area contributed by atoms with Gasteiger partial charge < -0.3 is 10.1 Å². The van der Waals surface area contributed by atoms with E-state index in [1.807, 2.05) is 20.8 Å². The number of nitrogens with one attached hydrogen (secondary N) is 1. The zero-order chi connectivity index (χ0) is 26.2. The molecular weight excluding hydrogens is 505 g/mol. The van der Waals surface area contributed by atoms with E-state index in [9.17, 15) is 26.4 Å². The van der Waals surface area contributed by atoms with E-state index in [0.29, 0.717) is 0 Å². The number of alkyl halides is 3. The maximum absolute atomic E-state index is 13.1. The highest BCUT2D eigenvalue weighted by atomic mass is 35.5. The topological polar surface area (TPSA) is 98.5 Å². The molecule has 0 fully saturated rings. The molecule has 3 rings (SSSR count). The third kappa shape index (κ3) is 6.53. The van der Waals surface area contributed by atoms with Crippen molar-refractivity contribution in [2.45, 2.75) is 37.3 Å². The molecule has 0 aliphatic carbocycles. The molecule has 192 valence electrons. The summed E-state index contributed by atoms with van der Waals surface area (Å²) in [7, 11) is -3.99. The number of anilines is 1. The molecule has 0 aliphatic rings. The van der Waals surface area contributed by atoms with Crippen molar-refractivity contribution in [1.82, 2.24) is 0 Å². The molecule has 0 radical (unpaired) electrons. The molecule has 3 N–H and O–H groups in total. The lowest BCUT2D eigenvalue weighted by Crippen LogP contribution is -2.17. The van der Waals surface area contributed by atoms with E-state index in [2.05, 4.69) is 5.32 Å². The van der Waals surface area contributed by atoms with Crippen molar-refractivity contribution in [1.29, 1.82) is 0 Å². The highest BCUT2D eigenvalue weighted by Gasteiger charge is 2.31. The fraction of sp³-hybridized carbons (Fsp3) is 0.208. The second-order valence-corrected chi connectivity index (χ2v) is 10.7. The number of carbonyl (C=O) groups excluding carboxylic acids is 1. The average molecular weight is 533 g/mol. The molecule has 35 heavy (non-hydrogen) atoms. The third-order valence-electron chi connectivity index (χ3n) is 4.99. The van der Waals surface area contributed by atoms with E-state index >= 15 is 0 Å². The Labute approximate surface area is 210 Å². The Kier molecular flexibility index (Phi) is 7.21. The van der Waals surface area contributed by atoms with E-state index in [1.165, 1.54) is 30.3 Å². The molecule has 0 spiro atoms. The van der Waals surface area contributed by atoms with Crippen molar-refractivity contribution in [2.75, 3.05) is 5.32 Å².